The van der Waals surface area contributed by atoms with Gasteiger partial charge in [0.2, 0.25) is 0 Å². The fraction of sp³-hybridized carbons (Fsp3) is 0.571. The number of benzene rings is 1. The van der Waals surface area contributed by atoms with Crippen molar-refractivity contribution in [2.24, 2.45) is 0 Å². The van der Waals surface area contributed by atoms with E-state index in [4.69, 9.17) is 9.47 Å². The molecular weight excluding hydrogens is 379 g/mol. The van der Waals surface area contributed by atoms with Crippen molar-refractivity contribution in [2.45, 2.75) is 32.4 Å². The van der Waals surface area contributed by atoms with E-state index < -0.39 is 0 Å². The molecule has 5 nitrogen and oxygen atoms in total. The highest BCUT2D eigenvalue weighted by Gasteiger charge is 2.26. The van der Waals surface area contributed by atoms with Crippen molar-refractivity contribution in [3.63, 3.8) is 0 Å². The SMILES string of the molecule is CCOC(=O)c1sc2cccc(F)c2c1CN1CCN(C[C@@H]2CCCO2)CC1. The van der Waals surface area contributed by atoms with Gasteiger partial charge in [-0.1, -0.05) is 6.07 Å². The van der Waals surface area contributed by atoms with Crippen molar-refractivity contribution in [1.82, 2.24) is 9.80 Å². The number of carbonyl (C=O) groups is 1. The molecule has 0 spiro atoms. The Labute approximate surface area is 169 Å². The average molecular weight is 407 g/mol. The maximum Gasteiger partial charge on any atom is 0.348 e. The van der Waals surface area contributed by atoms with E-state index in [1.54, 1.807) is 13.0 Å². The predicted octanol–water partition coefficient (Wildman–Crippen LogP) is 3.51. The van der Waals surface area contributed by atoms with E-state index in [0.29, 0.717) is 29.5 Å². The van der Waals surface area contributed by atoms with Crippen molar-refractivity contribution in [2.75, 3.05) is 45.9 Å². The molecule has 1 atom stereocenters. The van der Waals surface area contributed by atoms with E-state index in [-0.39, 0.29) is 11.8 Å². The van der Waals surface area contributed by atoms with Crippen LogP contribution in [0.25, 0.3) is 10.1 Å². The first-order valence-electron chi connectivity index (χ1n) is 10.1. The molecule has 4 rings (SSSR count). The van der Waals surface area contributed by atoms with Gasteiger partial charge in [0.15, 0.2) is 0 Å². The van der Waals surface area contributed by atoms with E-state index in [2.05, 4.69) is 9.80 Å². The van der Waals surface area contributed by atoms with Gasteiger partial charge in [-0.25, -0.2) is 9.18 Å². The molecule has 0 saturated carbocycles. The Morgan fingerprint density at radius 2 is 2.07 bits per heavy atom. The maximum absolute atomic E-state index is 14.6. The van der Waals surface area contributed by atoms with Crippen LogP contribution in [-0.2, 0) is 16.0 Å². The lowest BCUT2D eigenvalue weighted by Crippen LogP contribution is -2.48. The lowest BCUT2D eigenvalue weighted by atomic mass is 10.1. The van der Waals surface area contributed by atoms with Gasteiger partial charge in [-0.05, 0) is 31.9 Å². The summed E-state index contributed by atoms with van der Waals surface area (Å²) in [6.45, 7) is 8.31. The summed E-state index contributed by atoms with van der Waals surface area (Å²) >= 11 is 1.33. The fourth-order valence-electron chi connectivity index (χ4n) is 4.11. The van der Waals surface area contributed by atoms with Crippen LogP contribution in [0.15, 0.2) is 18.2 Å². The van der Waals surface area contributed by atoms with Gasteiger partial charge in [-0.2, -0.15) is 0 Å². The monoisotopic (exact) mass is 406 g/mol. The third-order valence-corrected chi connectivity index (χ3v) is 6.73. The summed E-state index contributed by atoms with van der Waals surface area (Å²) in [5.41, 5.74) is 0.768. The van der Waals surface area contributed by atoms with Crippen molar-refractivity contribution >= 4 is 27.4 Å². The molecule has 3 heterocycles. The summed E-state index contributed by atoms with van der Waals surface area (Å²) in [5.74, 6) is -0.619. The number of thiophene rings is 1. The topological polar surface area (TPSA) is 42.0 Å². The van der Waals surface area contributed by atoms with E-state index in [9.17, 15) is 9.18 Å². The van der Waals surface area contributed by atoms with Crippen LogP contribution in [0.1, 0.15) is 35.0 Å². The normalized spacial score (nSPS) is 21.4. The molecule has 0 bridgehead atoms. The number of ether oxygens (including phenoxy) is 2. The van der Waals surface area contributed by atoms with Crippen LogP contribution in [0.5, 0.6) is 0 Å². The number of halogens is 1. The van der Waals surface area contributed by atoms with Crippen LogP contribution in [0.2, 0.25) is 0 Å². The second kappa shape index (κ2) is 8.86. The van der Waals surface area contributed by atoms with E-state index in [0.717, 1.165) is 62.4 Å². The zero-order chi connectivity index (χ0) is 19.5. The summed E-state index contributed by atoms with van der Waals surface area (Å²) < 4.78 is 26.3. The Morgan fingerprint density at radius 1 is 1.29 bits per heavy atom. The molecule has 2 aromatic rings. The van der Waals surface area contributed by atoms with E-state index in [1.165, 1.54) is 17.4 Å². The Morgan fingerprint density at radius 3 is 2.79 bits per heavy atom. The first-order chi connectivity index (χ1) is 13.7. The third kappa shape index (κ3) is 4.22. The lowest BCUT2D eigenvalue weighted by molar-refractivity contribution is 0.0479. The van der Waals surface area contributed by atoms with Gasteiger partial charge in [-0.3, -0.25) is 9.80 Å². The highest BCUT2D eigenvalue weighted by Crippen LogP contribution is 2.35. The Hall–Kier alpha value is -1.54. The molecule has 0 N–H and O–H groups in total. The van der Waals surface area contributed by atoms with Crippen molar-refractivity contribution in [3.05, 3.63) is 34.5 Å². The Kier molecular flexibility index (Phi) is 6.25. The van der Waals surface area contributed by atoms with Gasteiger partial charge in [0, 0.05) is 61.5 Å². The van der Waals surface area contributed by atoms with Crippen molar-refractivity contribution in [3.8, 4) is 0 Å². The van der Waals surface area contributed by atoms with Crippen molar-refractivity contribution < 1.29 is 18.7 Å². The molecular formula is C21H27FN2O3S. The number of hydrogen-bond donors (Lipinski definition) is 0. The molecule has 2 aliphatic heterocycles. The maximum atomic E-state index is 14.6. The molecule has 1 aromatic carbocycles. The molecule has 0 aliphatic carbocycles. The van der Waals surface area contributed by atoms with Crippen LogP contribution in [0.3, 0.4) is 0 Å². The minimum atomic E-state index is -0.352. The standard InChI is InChI=1S/C21H27FN2O3S/c1-2-26-21(25)20-16(19-17(22)6-3-7-18(19)28-20)14-24-10-8-23(9-11-24)13-15-5-4-12-27-15/h3,6-7,15H,2,4-5,8-14H2,1H3/t15-/m0/s1. The smallest absolute Gasteiger partial charge is 0.348 e. The van der Waals surface area contributed by atoms with Gasteiger partial charge in [0.05, 0.1) is 12.7 Å². The number of hydrogen-bond acceptors (Lipinski definition) is 6. The number of rotatable bonds is 6. The minimum Gasteiger partial charge on any atom is -0.462 e. The molecule has 7 heteroatoms. The van der Waals surface area contributed by atoms with Crippen molar-refractivity contribution in [1.29, 1.82) is 0 Å². The average Bonchev–Trinajstić information content (AvgIpc) is 3.32. The summed E-state index contributed by atoms with van der Waals surface area (Å²) in [7, 11) is 0. The zero-order valence-corrected chi connectivity index (χ0v) is 17.1. The van der Waals surface area contributed by atoms with E-state index >= 15 is 0 Å². The van der Waals surface area contributed by atoms with Gasteiger partial charge in [-0.15, -0.1) is 11.3 Å². The fourth-order valence-corrected chi connectivity index (χ4v) is 5.23. The van der Waals surface area contributed by atoms with Gasteiger partial charge >= 0.3 is 5.97 Å². The van der Waals surface area contributed by atoms with Crippen LogP contribution >= 0.6 is 11.3 Å². The summed E-state index contributed by atoms with van der Waals surface area (Å²) in [5, 5.41) is 0.567. The number of esters is 1. The quantitative estimate of drug-likeness (QED) is 0.687. The Balaban J connectivity index is 1.48. The van der Waals surface area contributed by atoms with Crippen LogP contribution in [-0.4, -0.2) is 67.8 Å². The van der Waals surface area contributed by atoms with Crippen LogP contribution < -0.4 is 0 Å². The summed E-state index contributed by atoms with van der Waals surface area (Å²) in [6, 6.07) is 5.03. The molecule has 2 fully saturated rings. The zero-order valence-electron chi connectivity index (χ0n) is 16.3. The third-order valence-electron chi connectivity index (χ3n) is 5.56. The van der Waals surface area contributed by atoms with Gasteiger partial charge < -0.3 is 9.47 Å². The second-order valence-corrected chi connectivity index (χ2v) is 8.51. The number of carbonyl (C=O) groups excluding carboxylic acids is 1. The summed E-state index contributed by atoms with van der Waals surface area (Å²) in [6.07, 6.45) is 2.69. The number of nitrogens with zero attached hydrogens (tertiary/aromatic N) is 2. The Bertz CT molecular complexity index is 826. The highest BCUT2D eigenvalue weighted by molar-refractivity contribution is 7.21. The van der Waals surface area contributed by atoms with E-state index in [1.807, 2.05) is 6.07 Å². The molecule has 152 valence electrons. The second-order valence-electron chi connectivity index (χ2n) is 7.45. The van der Waals surface area contributed by atoms with Gasteiger partial charge in [0.25, 0.3) is 0 Å². The minimum absolute atomic E-state index is 0.267. The molecule has 2 saturated heterocycles. The van der Waals surface area contributed by atoms with Crippen LogP contribution in [0.4, 0.5) is 4.39 Å². The largest absolute Gasteiger partial charge is 0.462 e. The molecule has 0 unspecified atom stereocenters. The highest BCUT2D eigenvalue weighted by atomic mass is 32.1. The molecule has 0 radical (unpaired) electrons. The molecule has 2 aliphatic rings. The number of piperazine rings is 1. The lowest BCUT2D eigenvalue weighted by Gasteiger charge is -2.35. The molecule has 0 amide bonds. The van der Waals surface area contributed by atoms with Gasteiger partial charge in [0.1, 0.15) is 10.7 Å². The first kappa shape index (κ1) is 19.8. The molecule has 1 aromatic heterocycles. The summed E-state index contributed by atoms with van der Waals surface area (Å²) in [4.78, 5) is 17.7. The molecule has 28 heavy (non-hydrogen) atoms. The first-order valence-corrected chi connectivity index (χ1v) is 10.9. The number of fused-ring (bicyclic) bond motifs is 1. The predicted molar refractivity (Wildman–Crippen MR) is 108 cm³/mol. The van der Waals surface area contributed by atoms with Crippen LogP contribution in [0, 0.1) is 5.82 Å².